The molecule has 11 heteroatoms. The molecule has 1 aliphatic carbocycles. The van der Waals surface area contributed by atoms with E-state index in [0.717, 1.165) is 25.7 Å². The topological polar surface area (TPSA) is 105 Å². The maximum Gasteiger partial charge on any atom is 0.522 e. The van der Waals surface area contributed by atoms with Gasteiger partial charge in [-0.1, -0.05) is 13.3 Å². The van der Waals surface area contributed by atoms with E-state index in [9.17, 15) is 32.3 Å². The van der Waals surface area contributed by atoms with Crippen molar-refractivity contribution in [2.24, 2.45) is 5.92 Å². The van der Waals surface area contributed by atoms with E-state index in [1.165, 1.54) is 0 Å². The summed E-state index contributed by atoms with van der Waals surface area (Å²) in [7, 11) is 0. The Morgan fingerprint density at radius 1 is 1.31 bits per heavy atom. The molecule has 0 unspecified atom stereocenters. The Bertz CT molecular complexity index is 753. The summed E-state index contributed by atoms with van der Waals surface area (Å²) in [5, 5.41) is 5.13. The average molecular weight is 461 g/mol. The van der Waals surface area contributed by atoms with Crippen LogP contribution in [0.5, 0.6) is 0 Å². The maximum atomic E-state index is 13.0. The summed E-state index contributed by atoms with van der Waals surface area (Å²) in [5.74, 6) is -2.54. The molecule has 0 aromatic rings. The van der Waals surface area contributed by atoms with Gasteiger partial charge in [0, 0.05) is 30.8 Å². The normalized spacial score (nSPS) is 25.0. The van der Waals surface area contributed by atoms with Crippen LogP contribution in [-0.2, 0) is 23.9 Å². The molecule has 0 aromatic carbocycles. The highest BCUT2D eigenvalue weighted by Crippen LogP contribution is 2.51. The van der Waals surface area contributed by atoms with Crippen molar-refractivity contribution in [3.05, 3.63) is 0 Å². The van der Waals surface area contributed by atoms with Gasteiger partial charge >= 0.3 is 6.36 Å². The van der Waals surface area contributed by atoms with Crippen molar-refractivity contribution in [2.75, 3.05) is 13.2 Å². The van der Waals surface area contributed by atoms with Gasteiger partial charge in [-0.15, -0.1) is 13.2 Å². The summed E-state index contributed by atoms with van der Waals surface area (Å²) in [6, 6.07) is -2.06. The minimum Gasteiger partial charge on any atom is -0.356 e. The zero-order chi connectivity index (χ0) is 23.5. The molecule has 0 bridgehead atoms. The summed E-state index contributed by atoms with van der Waals surface area (Å²) in [6.45, 7) is 1.11. The standard InChI is InChI=1S/C21H30F3N3O5/c1-2-3-5-17(29)27-15(11-20(27)7-4-8-20)19(31)26-14(10-13-6-9-25-18(13)30)16(28)12-32-21(22,23)24/h13-15H,2-12H2,1H3,(H,25,30)(H,26,31)/t13-,14-,15-/m0/s1. The number of halogens is 3. The second-order valence-corrected chi connectivity index (χ2v) is 8.94. The zero-order valence-corrected chi connectivity index (χ0v) is 18.1. The maximum absolute atomic E-state index is 13.0. The van der Waals surface area contributed by atoms with Crippen molar-refractivity contribution in [1.82, 2.24) is 15.5 Å². The molecule has 1 saturated carbocycles. The second kappa shape index (κ2) is 9.76. The van der Waals surface area contributed by atoms with Crippen LogP contribution in [0.3, 0.4) is 0 Å². The van der Waals surface area contributed by atoms with Gasteiger partial charge in [0.2, 0.25) is 17.7 Å². The van der Waals surface area contributed by atoms with Crippen molar-refractivity contribution < 1.29 is 37.1 Å². The molecular weight excluding hydrogens is 431 g/mol. The molecule has 2 aliphatic heterocycles. The number of alkyl halides is 3. The Morgan fingerprint density at radius 2 is 2.03 bits per heavy atom. The van der Waals surface area contributed by atoms with Crippen LogP contribution < -0.4 is 10.6 Å². The van der Waals surface area contributed by atoms with Gasteiger partial charge in [0.25, 0.3) is 0 Å². The SMILES string of the molecule is CCCCC(=O)N1[C@H](C(=O)N[C@@H](C[C@@H]2CCNC2=O)C(=O)COC(F)(F)F)CC12CCC2. The molecule has 0 aromatic heterocycles. The molecule has 2 N–H and O–H groups in total. The number of nitrogens with one attached hydrogen (secondary N) is 2. The minimum absolute atomic E-state index is 0.112. The van der Waals surface area contributed by atoms with Crippen LogP contribution in [0.2, 0.25) is 0 Å². The number of hydrogen-bond donors (Lipinski definition) is 2. The highest BCUT2D eigenvalue weighted by atomic mass is 19.4. The molecule has 3 aliphatic rings. The van der Waals surface area contributed by atoms with Crippen molar-refractivity contribution in [3.8, 4) is 0 Å². The molecule has 3 amide bonds. The summed E-state index contributed by atoms with van der Waals surface area (Å²) < 4.78 is 40.9. The predicted molar refractivity (Wildman–Crippen MR) is 106 cm³/mol. The molecule has 180 valence electrons. The molecule has 3 fully saturated rings. The first kappa shape index (κ1) is 24.5. The smallest absolute Gasteiger partial charge is 0.356 e. The fourth-order valence-electron chi connectivity index (χ4n) is 4.84. The third kappa shape index (κ3) is 5.41. The van der Waals surface area contributed by atoms with E-state index in [4.69, 9.17) is 0 Å². The molecule has 2 saturated heterocycles. The largest absolute Gasteiger partial charge is 0.522 e. The van der Waals surface area contributed by atoms with Crippen LogP contribution in [0.4, 0.5) is 13.2 Å². The van der Waals surface area contributed by atoms with E-state index in [2.05, 4.69) is 15.4 Å². The van der Waals surface area contributed by atoms with Crippen LogP contribution in [0.25, 0.3) is 0 Å². The van der Waals surface area contributed by atoms with Crippen molar-refractivity contribution in [3.63, 3.8) is 0 Å². The first-order valence-corrected chi connectivity index (χ1v) is 11.2. The number of ether oxygens (including phenoxy) is 1. The minimum atomic E-state index is -4.98. The van der Waals surface area contributed by atoms with Crippen molar-refractivity contribution in [2.45, 2.75) is 88.7 Å². The van der Waals surface area contributed by atoms with E-state index in [1.807, 2.05) is 6.92 Å². The third-order valence-electron chi connectivity index (χ3n) is 6.76. The first-order valence-electron chi connectivity index (χ1n) is 11.2. The molecule has 2 heterocycles. The number of amides is 3. The molecule has 1 spiro atoms. The molecule has 0 radical (unpaired) electrons. The Balaban J connectivity index is 1.68. The number of unbranched alkanes of at least 4 members (excludes halogenated alkanes) is 1. The van der Waals surface area contributed by atoms with Gasteiger partial charge in [0.05, 0.1) is 6.04 Å². The van der Waals surface area contributed by atoms with Crippen LogP contribution in [0.1, 0.15) is 64.7 Å². The Kier molecular flexibility index (Phi) is 7.46. The molecule has 3 rings (SSSR count). The molecule has 32 heavy (non-hydrogen) atoms. The van der Waals surface area contributed by atoms with Gasteiger partial charge in [-0.25, -0.2) is 0 Å². The van der Waals surface area contributed by atoms with Gasteiger partial charge in [0.1, 0.15) is 12.6 Å². The summed E-state index contributed by atoms with van der Waals surface area (Å²) in [4.78, 5) is 51.7. The Hall–Kier alpha value is -2.17. The number of carbonyl (C=O) groups is 4. The Labute approximate surface area is 184 Å². The molecule has 3 atom stereocenters. The lowest BCUT2D eigenvalue weighted by molar-refractivity contribution is -0.321. The lowest BCUT2D eigenvalue weighted by Crippen LogP contribution is -2.74. The van der Waals surface area contributed by atoms with Crippen molar-refractivity contribution >= 4 is 23.5 Å². The number of Topliss-reactive ketones (excluding diaryl/α,β-unsaturated/α-hetero) is 1. The number of ketones is 1. The van der Waals surface area contributed by atoms with E-state index in [0.29, 0.717) is 32.2 Å². The second-order valence-electron chi connectivity index (χ2n) is 8.94. The number of hydrogen-bond acceptors (Lipinski definition) is 5. The van der Waals surface area contributed by atoms with Crippen LogP contribution in [0.15, 0.2) is 0 Å². The highest BCUT2D eigenvalue weighted by molar-refractivity contribution is 5.95. The van der Waals surface area contributed by atoms with E-state index < -0.39 is 42.7 Å². The van der Waals surface area contributed by atoms with Gasteiger partial charge in [-0.2, -0.15) is 0 Å². The highest BCUT2D eigenvalue weighted by Gasteiger charge is 2.59. The number of rotatable bonds is 10. The monoisotopic (exact) mass is 461 g/mol. The summed E-state index contributed by atoms with van der Waals surface area (Å²) >= 11 is 0. The average Bonchev–Trinajstić information content (AvgIpc) is 3.06. The van der Waals surface area contributed by atoms with E-state index >= 15 is 0 Å². The zero-order valence-electron chi connectivity index (χ0n) is 18.1. The van der Waals surface area contributed by atoms with Crippen LogP contribution >= 0.6 is 0 Å². The molecular formula is C21H30F3N3O5. The van der Waals surface area contributed by atoms with Crippen LogP contribution in [0, 0.1) is 5.92 Å². The van der Waals surface area contributed by atoms with Gasteiger partial charge < -0.3 is 15.5 Å². The molecule has 8 nitrogen and oxygen atoms in total. The lowest BCUT2D eigenvalue weighted by atomic mass is 9.64. The summed E-state index contributed by atoms with van der Waals surface area (Å²) in [5.41, 5.74) is -0.308. The Morgan fingerprint density at radius 3 is 2.56 bits per heavy atom. The van der Waals surface area contributed by atoms with E-state index in [-0.39, 0.29) is 23.8 Å². The predicted octanol–water partition coefficient (Wildman–Crippen LogP) is 1.82. The van der Waals surface area contributed by atoms with Crippen LogP contribution in [-0.4, -0.2) is 65.5 Å². The number of likely N-dealkylation sites (tertiary alicyclic amines) is 1. The van der Waals surface area contributed by atoms with Gasteiger partial charge in [0.15, 0.2) is 5.78 Å². The quantitative estimate of drug-likeness (QED) is 0.517. The number of nitrogens with zero attached hydrogens (tertiary/aromatic N) is 1. The first-order chi connectivity index (χ1) is 15.1. The van der Waals surface area contributed by atoms with Gasteiger partial charge in [-0.3, -0.25) is 23.9 Å². The third-order valence-corrected chi connectivity index (χ3v) is 6.76. The fraction of sp³-hybridized carbons (Fsp3) is 0.810. The van der Waals surface area contributed by atoms with E-state index in [1.54, 1.807) is 4.90 Å². The fourth-order valence-corrected chi connectivity index (χ4v) is 4.84. The lowest BCUT2D eigenvalue weighted by Gasteiger charge is -2.62. The van der Waals surface area contributed by atoms with Crippen molar-refractivity contribution in [1.29, 1.82) is 0 Å². The number of carbonyl (C=O) groups excluding carboxylic acids is 4. The van der Waals surface area contributed by atoms with Gasteiger partial charge in [-0.05, 0) is 38.5 Å². The summed E-state index contributed by atoms with van der Waals surface area (Å²) in [6.07, 6.45) is 0.270.